The molecule has 0 spiro atoms. The van der Waals surface area contributed by atoms with Crippen LogP contribution in [0.1, 0.15) is 11.1 Å². The highest BCUT2D eigenvalue weighted by Crippen LogP contribution is 2.33. The molecular formula is C29H28N2O6. The maximum Gasteiger partial charge on any atom is 0.344 e. The molecule has 2 aliphatic heterocycles. The van der Waals surface area contributed by atoms with Crippen molar-refractivity contribution in [2.75, 3.05) is 40.1 Å². The third kappa shape index (κ3) is 4.73. The maximum atomic E-state index is 12.9. The van der Waals surface area contributed by atoms with Crippen LogP contribution < -0.4 is 19.8 Å². The van der Waals surface area contributed by atoms with E-state index in [-0.39, 0.29) is 12.5 Å². The van der Waals surface area contributed by atoms with Gasteiger partial charge in [-0.25, -0.2) is 4.79 Å². The predicted octanol–water partition coefficient (Wildman–Crippen LogP) is 4.22. The molecule has 1 saturated heterocycles. The van der Waals surface area contributed by atoms with Crippen molar-refractivity contribution in [3.63, 3.8) is 0 Å². The second-order valence-corrected chi connectivity index (χ2v) is 9.40. The fourth-order valence-electron chi connectivity index (χ4n) is 4.98. The monoisotopic (exact) mass is 500 g/mol. The first-order valence-electron chi connectivity index (χ1n) is 12.3. The van der Waals surface area contributed by atoms with E-state index in [1.54, 1.807) is 19.2 Å². The molecule has 0 radical (unpaired) electrons. The lowest BCUT2D eigenvalue weighted by Gasteiger charge is -2.34. The number of aromatic hydroxyl groups is 1. The fraction of sp³-hybridized carbons (Fsp3) is 0.276. The Morgan fingerprint density at radius 2 is 1.59 bits per heavy atom. The standard InChI is InChI=1S/C29H28N2O6/c1-34-22-6-3-20(4-7-22)23-15-21-5-8-25(32)24(28(21)37-29(23)33)17-31-12-10-30(11-13-31)16-19-2-9-26-27(14-19)36-18-35-26/h2-9,14-15,32H,10-13,16-18H2,1H3. The number of phenolic OH excluding ortho intramolecular Hbond substituents is 1. The van der Waals surface area contributed by atoms with Gasteiger partial charge in [-0.2, -0.15) is 0 Å². The SMILES string of the molecule is COc1ccc(-c2cc3ccc(O)c(CN4CCN(Cc5ccc6c(c5)OCO6)CC4)c3oc2=O)cc1. The van der Waals surface area contributed by atoms with Crippen LogP contribution in [-0.4, -0.2) is 55.0 Å². The molecule has 8 nitrogen and oxygen atoms in total. The van der Waals surface area contributed by atoms with Gasteiger partial charge in [-0.3, -0.25) is 9.80 Å². The molecule has 0 amide bonds. The van der Waals surface area contributed by atoms with Crippen molar-refractivity contribution in [1.82, 2.24) is 9.80 Å². The van der Waals surface area contributed by atoms with Crippen LogP contribution in [0.5, 0.6) is 23.0 Å². The summed E-state index contributed by atoms with van der Waals surface area (Å²) in [4.78, 5) is 17.6. The van der Waals surface area contributed by atoms with Gasteiger partial charge < -0.3 is 23.7 Å². The second kappa shape index (κ2) is 9.80. The van der Waals surface area contributed by atoms with E-state index in [9.17, 15) is 9.90 Å². The molecule has 0 bridgehead atoms. The summed E-state index contributed by atoms with van der Waals surface area (Å²) < 4.78 is 21.9. The maximum absolute atomic E-state index is 12.9. The van der Waals surface area contributed by atoms with Crippen LogP contribution in [0, 0.1) is 0 Å². The summed E-state index contributed by atoms with van der Waals surface area (Å²) in [7, 11) is 1.60. The van der Waals surface area contributed by atoms with Crippen molar-refractivity contribution in [3.8, 4) is 34.1 Å². The lowest BCUT2D eigenvalue weighted by Crippen LogP contribution is -2.45. The van der Waals surface area contributed by atoms with Gasteiger partial charge in [0.25, 0.3) is 0 Å². The number of ether oxygens (including phenoxy) is 3. The topological polar surface area (TPSA) is 84.6 Å². The van der Waals surface area contributed by atoms with Gasteiger partial charge in [0.15, 0.2) is 11.5 Å². The van der Waals surface area contributed by atoms with E-state index in [0.717, 1.165) is 60.9 Å². The Kier molecular flexibility index (Phi) is 6.20. The molecule has 190 valence electrons. The number of rotatable bonds is 6. The molecule has 1 aromatic heterocycles. The Hall–Kier alpha value is -4.01. The minimum atomic E-state index is -0.432. The molecule has 3 heterocycles. The van der Waals surface area contributed by atoms with Crippen LogP contribution in [0.4, 0.5) is 0 Å². The van der Waals surface area contributed by atoms with Gasteiger partial charge in [0.05, 0.1) is 18.2 Å². The average molecular weight is 501 g/mol. The van der Waals surface area contributed by atoms with Gasteiger partial charge in [0, 0.05) is 44.7 Å². The van der Waals surface area contributed by atoms with Crippen molar-refractivity contribution in [2.24, 2.45) is 0 Å². The van der Waals surface area contributed by atoms with Crippen LogP contribution >= 0.6 is 0 Å². The zero-order valence-electron chi connectivity index (χ0n) is 20.6. The van der Waals surface area contributed by atoms with E-state index in [4.69, 9.17) is 18.6 Å². The van der Waals surface area contributed by atoms with Gasteiger partial charge in [-0.05, 0) is 53.6 Å². The number of phenols is 1. The highest BCUT2D eigenvalue weighted by molar-refractivity contribution is 5.85. The zero-order chi connectivity index (χ0) is 25.4. The third-order valence-electron chi connectivity index (χ3n) is 7.07. The Morgan fingerprint density at radius 3 is 2.35 bits per heavy atom. The summed E-state index contributed by atoms with van der Waals surface area (Å²) in [6.45, 7) is 5.10. The van der Waals surface area contributed by atoms with Crippen molar-refractivity contribution in [3.05, 3.63) is 82.2 Å². The molecule has 2 aliphatic rings. The average Bonchev–Trinajstić information content (AvgIpc) is 3.39. The number of benzene rings is 3. The highest BCUT2D eigenvalue weighted by Gasteiger charge is 2.22. The normalized spacial score (nSPS) is 15.8. The molecule has 8 heteroatoms. The van der Waals surface area contributed by atoms with Crippen LogP contribution in [0.3, 0.4) is 0 Å². The third-order valence-corrected chi connectivity index (χ3v) is 7.07. The number of nitrogens with zero attached hydrogens (tertiary/aromatic N) is 2. The van der Waals surface area contributed by atoms with Crippen molar-refractivity contribution >= 4 is 11.0 Å². The quantitative estimate of drug-likeness (QED) is 0.394. The summed E-state index contributed by atoms with van der Waals surface area (Å²) in [6.07, 6.45) is 0. The first-order chi connectivity index (χ1) is 18.1. The van der Waals surface area contributed by atoms with Gasteiger partial charge in [0.2, 0.25) is 6.79 Å². The Labute approximate surface area is 214 Å². The predicted molar refractivity (Wildman–Crippen MR) is 139 cm³/mol. The first-order valence-corrected chi connectivity index (χ1v) is 12.3. The number of hydrogen-bond acceptors (Lipinski definition) is 8. The molecule has 0 saturated carbocycles. The van der Waals surface area contributed by atoms with E-state index >= 15 is 0 Å². The van der Waals surface area contributed by atoms with E-state index in [0.29, 0.717) is 23.3 Å². The summed E-state index contributed by atoms with van der Waals surface area (Å²) in [6, 6.07) is 18.7. The minimum Gasteiger partial charge on any atom is -0.507 e. The van der Waals surface area contributed by atoms with Gasteiger partial charge in [-0.1, -0.05) is 18.2 Å². The molecule has 1 fully saturated rings. The highest BCUT2D eigenvalue weighted by atomic mass is 16.7. The zero-order valence-corrected chi connectivity index (χ0v) is 20.6. The molecule has 1 N–H and O–H groups in total. The van der Waals surface area contributed by atoms with Crippen molar-refractivity contribution < 1.29 is 23.7 Å². The van der Waals surface area contributed by atoms with E-state index in [1.807, 2.05) is 42.5 Å². The molecule has 6 rings (SSSR count). The number of methoxy groups -OCH3 is 1. The Morgan fingerprint density at radius 1 is 0.865 bits per heavy atom. The largest absolute Gasteiger partial charge is 0.507 e. The van der Waals surface area contributed by atoms with Gasteiger partial charge in [0.1, 0.15) is 17.1 Å². The van der Waals surface area contributed by atoms with Crippen LogP contribution in [0.25, 0.3) is 22.1 Å². The molecule has 37 heavy (non-hydrogen) atoms. The van der Waals surface area contributed by atoms with Crippen LogP contribution in [-0.2, 0) is 13.1 Å². The van der Waals surface area contributed by atoms with E-state index in [1.165, 1.54) is 5.56 Å². The molecular weight excluding hydrogens is 472 g/mol. The number of fused-ring (bicyclic) bond motifs is 2. The summed E-state index contributed by atoms with van der Waals surface area (Å²) >= 11 is 0. The summed E-state index contributed by atoms with van der Waals surface area (Å²) in [5.41, 5.74) is 3.07. The Balaban J connectivity index is 1.17. The lowest BCUT2D eigenvalue weighted by atomic mass is 10.0. The molecule has 3 aromatic carbocycles. The smallest absolute Gasteiger partial charge is 0.344 e. The Bertz CT molecular complexity index is 1490. The number of piperazine rings is 1. The summed E-state index contributed by atoms with van der Waals surface area (Å²) in [5, 5.41) is 11.4. The minimum absolute atomic E-state index is 0.135. The van der Waals surface area contributed by atoms with E-state index in [2.05, 4.69) is 15.9 Å². The molecule has 4 aromatic rings. The fourth-order valence-corrected chi connectivity index (χ4v) is 4.98. The lowest BCUT2D eigenvalue weighted by molar-refractivity contribution is 0.121. The van der Waals surface area contributed by atoms with Gasteiger partial charge >= 0.3 is 5.63 Å². The van der Waals surface area contributed by atoms with E-state index < -0.39 is 5.63 Å². The van der Waals surface area contributed by atoms with Crippen molar-refractivity contribution in [1.29, 1.82) is 0 Å². The number of hydrogen-bond donors (Lipinski definition) is 1. The summed E-state index contributed by atoms with van der Waals surface area (Å²) in [5.74, 6) is 2.46. The second-order valence-electron chi connectivity index (χ2n) is 9.40. The molecule has 0 atom stereocenters. The molecule has 0 aliphatic carbocycles. The first kappa shape index (κ1) is 23.4. The van der Waals surface area contributed by atoms with Crippen molar-refractivity contribution in [2.45, 2.75) is 13.1 Å². The molecule has 0 unspecified atom stereocenters. The van der Waals surface area contributed by atoms with Crippen LogP contribution in [0.2, 0.25) is 0 Å². The van der Waals surface area contributed by atoms with Crippen LogP contribution in [0.15, 0.2) is 69.9 Å². The van der Waals surface area contributed by atoms with Gasteiger partial charge in [-0.15, -0.1) is 0 Å².